The van der Waals surface area contributed by atoms with Crippen LogP contribution in [0.2, 0.25) is 0 Å². The maximum atomic E-state index is 12.0. The molecule has 0 aromatic carbocycles. The average Bonchev–Trinajstić information content (AvgIpc) is 2.47. The van der Waals surface area contributed by atoms with Gasteiger partial charge in [-0.1, -0.05) is 32.1 Å². The van der Waals surface area contributed by atoms with E-state index in [0.717, 1.165) is 44.7 Å². The molecule has 0 radical (unpaired) electrons. The first-order valence-electron chi connectivity index (χ1n) is 8.34. The second-order valence-electron chi connectivity index (χ2n) is 6.49. The third kappa shape index (κ3) is 6.10. The molecule has 0 unspecified atom stereocenters. The van der Waals surface area contributed by atoms with Crippen LogP contribution < -0.4 is 10.0 Å². The maximum absolute atomic E-state index is 12.0. The van der Waals surface area contributed by atoms with E-state index in [-0.39, 0.29) is 0 Å². The highest BCUT2D eigenvalue weighted by Crippen LogP contribution is 2.25. The Balaban J connectivity index is 1.60. The topological polar surface area (TPSA) is 58.2 Å². The van der Waals surface area contributed by atoms with Crippen LogP contribution in [0.1, 0.15) is 57.8 Å². The molecule has 20 heavy (non-hydrogen) atoms. The van der Waals surface area contributed by atoms with Crippen molar-refractivity contribution in [2.75, 3.05) is 25.4 Å². The summed E-state index contributed by atoms with van der Waals surface area (Å²) in [5.74, 6) is 1.64. The van der Waals surface area contributed by atoms with E-state index in [0.29, 0.717) is 18.2 Å². The monoisotopic (exact) mass is 302 g/mol. The van der Waals surface area contributed by atoms with Crippen molar-refractivity contribution in [1.29, 1.82) is 0 Å². The van der Waals surface area contributed by atoms with Gasteiger partial charge in [0.15, 0.2) is 0 Å². The smallest absolute Gasteiger partial charge is 0.211 e. The van der Waals surface area contributed by atoms with E-state index >= 15 is 0 Å². The van der Waals surface area contributed by atoms with Gasteiger partial charge in [0.1, 0.15) is 0 Å². The summed E-state index contributed by atoms with van der Waals surface area (Å²) in [4.78, 5) is 0. The Kier molecular flexibility index (Phi) is 6.78. The Hall–Kier alpha value is -0.130. The van der Waals surface area contributed by atoms with Crippen LogP contribution in [0.4, 0.5) is 0 Å². The third-order valence-electron chi connectivity index (χ3n) is 4.85. The van der Waals surface area contributed by atoms with Gasteiger partial charge in [0.25, 0.3) is 0 Å². The fourth-order valence-corrected chi connectivity index (χ4v) is 4.68. The molecule has 2 N–H and O–H groups in total. The molecule has 0 aromatic rings. The summed E-state index contributed by atoms with van der Waals surface area (Å²) in [6, 6.07) is 0. The van der Waals surface area contributed by atoms with Gasteiger partial charge in [0, 0.05) is 6.54 Å². The zero-order chi connectivity index (χ0) is 14.3. The second kappa shape index (κ2) is 8.35. The molecular weight excluding hydrogens is 272 g/mol. The maximum Gasteiger partial charge on any atom is 0.211 e. The molecule has 0 atom stereocenters. The molecule has 1 aliphatic heterocycles. The van der Waals surface area contributed by atoms with E-state index in [1.165, 1.54) is 32.1 Å². The normalized spacial score (nSPS) is 23.0. The Morgan fingerprint density at radius 1 is 0.900 bits per heavy atom. The zero-order valence-corrected chi connectivity index (χ0v) is 13.4. The molecule has 118 valence electrons. The fraction of sp³-hybridized carbons (Fsp3) is 1.00. The van der Waals surface area contributed by atoms with Crippen LogP contribution in [0, 0.1) is 11.8 Å². The molecule has 2 rings (SSSR count). The standard InChI is InChI=1S/C15H30N2O2S/c18-20(19,13-9-15-6-10-16-11-7-15)17-12-8-14-4-2-1-3-5-14/h14-17H,1-13H2. The Morgan fingerprint density at radius 3 is 2.25 bits per heavy atom. The van der Waals surface area contributed by atoms with Crippen molar-refractivity contribution in [1.82, 2.24) is 10.0 Å². The van der Waals surface area contributed by atoms with Crippen LogP contribution in [0.25, 0.3) is 0 Å². The summed E-state index contributed by atoms with van der Waals surface area (Å²) in [7, 11) is -3.05. The van der Waals surface area contributed by atoms with Crippen LogP contribution >= 0.6 is 0 Å². The Bertz CT molecular complexity index is 358. The number of hydrogen-bond donors (Lipinski definition) is 2. The molecule has 5 heteroatoms. The van der Waals surface area contributed by atoms with Gasteiger partial charge in [-0.05, 0) is 50.6 Å². The molecule has 0 bridgehead atoms. The van der Waals surface area contributed by atoms with Crippen LogP contribution in [0.5, 0.6) is 0 Å². The summed E-state index contributed by atoms with van der Waals surface area (Å²) in [6.45, 7) is 2.72. The lowest BCUT2D eigenvalue weighted by Gasteiger charge is -2.23. The number of piperidine rings is 1. The highest BCUT2D eigenvalue weighted by atomic mass is 32.2. The van der Waals surface area contributed by atoms with E-state index in [1.54, 1.807) is 0 Å². The molecular formula is C15H30N2O2S. The predicted octanol–water partition coefficient (Wildman–Crippen LogP) is 2.27. The minimum absolute atomic E-state index is 0.308. The molecule has 4 nitrogen and oxygen atoms in total. The van der Waals surface area contributed by atoms with Gasteiger partial charge >= 0.3 is 0 Å². The van der Waals surface area contributed by atoms with Gasteiger partial charge in [-0.3, -0.25) is 0 Å². The summed E-state index contributed by atoms with van der Waals surface area (Å²) in [5.41, 5.74) is 0. The van der Waals surface area contributed by atoms with E-state index in [1.807, 2.05) is 0 Å². The molecule has 0 spiro atoms. The average molecular weight is 302 g/mol. The van der Waals surface area contributed by atoms with Crippen molar-refractivity contribution in [2.24, 2.45) is 11.8 Å². The molecule has 2 aliphatic rings. The molecule has 2 fully saturated rings. The van der Waals surface area contributed by atoms with Gasteiger partial charge in [0.05, 0.1) is 5.75 Å². The molecule has 0 amide bonds. The van der Waals surface area contributed by atoms with Crippen molar-refractivity contribution in [3.05, 3.63) is 0 Å². The van der Waals surface area contributed by atoms with E-state index < -0.39 is 10.0 Å². The van der Waals surface area contributed by atoms with E-state index in [9.17, 15) is 8.42 Å². The van der Waals surface area contributed by atoms with E-state index in [2.05, 4.69) is 10.0 Å². The first kappa shape index (κ1) is 16.2. The first-order valence-corrected chi connectivity index (χ1v) is 9.99. The van der Waals surface area contributed by atoms with Gasteiger partial charge in [-0.25, -0.2) is 13.1 Å². The SMILES string of the molecule is O=S(=O)(CCC1CCNCC1)NCCC1CCCCC1. The lowest BCUT2D eigenvalue weighted by atomic mass is 9.87. The highest BCUT2D eigenvalue weighted by Gasteiger charge is 2.18. The Morgan fingerprint density at radius 2 is 1.55 bits per heavy atom. The van der Waals surface area contributed by atoms with Crippen molar-refractivity contribution >= 4 is 10.0 Å². The summed E-state index contributed by atoms with van der Waals surface area (Å²) >= 11 is 0. The third-order valence-corrected chi connectivity index (χ3v) is 6.27. The van der Waals surface area contributed by atoms with Crippen molar-refractivity contribution in [2.45, 2.75) is 57.8 Å². The number of rotatable bonds is 7. The quantitative estimate of drug-likeness (QED) is 0.758. The highest BCUT2D eigenvalue weighted by molar-refractivity contribution is 7.89. The van der Waals surface area contributed by atoms with Gasteiger partial charge in [0.2, 0.25) is 10.0 Å². The molecule has 0 aromatic heterocycles. The predicted molar refractivity (Wildman–Crippen MR) is 83.2 cm³/mol. The Labute approximate surface area is 124 Å². The van der Waals surface area contributed by atoms with Crippen LogP contribution in [-0.2, 0) is 10.0 Å². The minimum atomic E-state index is -3.05. The summed E-state index contributed by atoms with van der Waals surface area (Å²) in [5, 5.41) is 3.32. The minimum Gasteiger partial charge on any atom is -0.317 e. The van der Waals surface area contributed by atoms with Crippen molar-refractivity contribution in [3.8, 4) is 0 Å². The molecule has 1 saturated heterocycles. The first-order chi connectivity index (χ1) is 9.66. The largest absolute Gasteiger partial charge is 0.317 e. The lowest BCUT2D eigenvalue weighted by Crippen LogP contribution is -2.32. The summed E-state index contributed by atoms with van der Waals surface area (Å²) < 4.78 is 26.8. The van der Waals surface area contributed by atoms with Crippen LogP contribution in [-0.4, -0.2) is 33.8 Å². The summed E-state index contributed by atoms with van der Waals surface area (Å²) in [6.07, 6.45) is 10.7. The van der Waals surface area contributed by atoms with Crippen molar-refractivity contribution in [3.63, 3.8) is 0 Å². The second-order valence-corrected chi connectivity index (χ2v) is 8.41. The van der Waals surface area contributed by atoms with E-state index in [4.69, 9.17) is 0 Å². The molecule has 1 saturated carbocycles. The number of nitrogens with one attached hydrogen (secondary N) is 2. The number of hydrogen-bond acceptors (Lipinski definition) is 3. The molecule has 1 aliphatic carbocycles. The van der Waals surface area contributed by atoms with Crippen LogP contribution in [0.15, 0.2) is 0 Å². The molecule has 1 heterocycles. The van der Waals surface area contributed by atoms with Gasteiger partial charge < -0.3 is 5.32 Å². The van der Waals surface area contributed by atoms with Crippen LogP contribution in [0.3, 0.4) is 0 Å². The fourth-order valence-electron chi connectivity index (χ4n) is 3.46. The van der Waals surface area contributed by atoms with Crippen molar-refractivity contribution < 1.29 is 8.42 Å². The van der Waals surface area contributed by atoms with Gasteiger partial charge in [-0.15, -0.1) is 0 Å². The van der Waals surface area contributed by atoms with Gasteiger partial charge in [-0.2, -0.15) is 0 Å². The number of sulfonamides is 1. The lowest BCUT2D eigenvalue weighted by molar-refractivity contribution is 0.339. The zero-order valence-electron chi connectivity index (χ0n) is 12.6.